The molecule has 0 aromatic heterocycles. The van der Waals surface area contributed by atoms with Crippen LogP contribution in [0.5, 0.6) is 0 Å². The summed E-state index contributed by atoms with van der Waals surface area (Å²) in [5.41, 5.74) is 0.509. The summed E-state index contributed by atoms with van der Waals surface area (Å²) in [6.45, 7) is 6.95. The topological polar surface area (TPSA) is 21.3 Å². The van der Waals surface area contributed by atoms with Gasteiger partial charge in [-0.15, -0.1) is 0 Å². The second-order valence-corrected chi connectivity index (χ2v) is 5.63. The number of ether oxygens (including phenoxy) is 1. The van der Waals surface area contributed by atoms with Gasteiger partial charge in [0.25, 0.3) is 0 Å². The summed E-state index contributed by atoms with van der Waals surface area (Å²) in [4.78, 5) is 0. The van der Waals surface area contributed by atoms with Crippen LogP contribution in [0.1, 0.15) is 46.0 Å². The van der Waals surface area contributed by atoms with E-state index in [1.165, 1.54) is 32.1 Å². The molecule has 0 amide bonds. The van der Waals surface area contributed by atoms with Crippen molar-refractivity contribution in [2.45, 2.75) is 58.2 Å². The van der Waals surface area contributed by atoms with Gasteiger partial charge in [0.05, 0.1) is 12.2 Å². The Kier molecular flexibility index (Phi) is 3.13. The standard InChI is InChI=1S/C12H23NO/c1-12(2)6-3-4-10(8-12)14-11-5-7-13-9-11/h10-11,13H,3-9H2,1-2H3. The van der Waals surface area contributed by atoms with Gasteiger partial charge in [-0.05, 0) is 37.6 Å². The molecule has 1 heterocycles. The molecule has 2 fully saturated rings. The molecule has 1 aliphatic carbocycles. The van der Waals surface area contributed by atoms with Gasteiger partial charge in [0.15, 0.2) is 0 Å². The van der Waals surface area contributed by atoms with Crippen LogP contribution in [0.15, 0.2) is 0 Å². The van der Waals surface area contributed by atoms with Crippen LogP contribution >= 0.6 is 0 Å². The minimum absolute atomic E-state index is 0.494. The number of rotatable bonds is 2. The fourth-order valence-electron chi connectivity index (χ4n) is 2.76. The van der Waals surface area contributed by atoms with Crippen molar-refractivity contribution in [3.63, 3.8) is 0 Å². The Hall–Kier alpha value is -0.0800. The molecule has 2 unspecified atom stereocenters. The van der Waals surface area contributed by atoms with Gasteiger partial charge in [-0.25, -0.2) is 0 Å². The largest absolute Gasteiger partial charge is 0.374 e. The first-order valence-corrected chi connectivity index (χ1v) is 6.02. The molecule has 0 spiro atoms. The maximum atomic E-state index is 6.13. The van der Waals surface area contributed by atoms with Crippen molar-refractivity contribution in [3.05, 3.63) is 0 Å². The zero-order valence-corrected chi connectivity index (χ0v) is 9.51. The number of hydrogen-bond donors (Lipinski definition) is 1. The van der Waals surface area contributed by atoms with Crippen molar-refractivity contribution < 1.29 is 4.74 Å². The van der Waals surface area contributed by atoms with Crippen LogP contribution in [0.25, 0.3) is 0 Å². The monoisotopic (exact) mass is 197 g/mol. The van der Waals surface area contributed by atoms with E-state index in [4.69, 9.17) is 4.74 Å². The Balaban J connectivity index is 1.79. The molecule has 0 aromatic rings. The Morgan fingerprint density at radius 2 is 2.07 bits per heavy atom. The fourth-order valence-corrected chi connectivity index (χ4v) is 2.76. The third-order valence-electron chi connectivity index (χ3n) is 3.56. The van der Waals surface area contributed by atoms with Crippen LogP contribution in [0, 0.1) is 5.41 Å². The van der Waals surface area contributed by atoms with Gasteiger partial charge in [-0.2, -0.15) is 0 Å². The van der Waals surface area contributed by atoms with Gasteiger partial charge >= 0.3 is 0 Å². The average molecular weight is 197 g/mol. The van der Waals surface area contributed by atoms with Crippen LogP contribution < -0.4 is 5.32 Å². The third-order valence-corrected chi connectivity index (χ3v) is 3.56. The van der Waals surface area contributed by atoms with E-state index in [-0.39, 0.29) is 0 Å². The first-order chi connectivity index (χ1) is 6.66. The van der Waals surface area contributed by atoms with Crippen LogP contribution in [0.3, 0.4) is 0 Å². The predicted molar refractivity (Wildman–Crippen MR) is 58.4 cm³/mol. The number of hydrogen-bond acceptors (Lipinski definition) is 2. The maximum absolute atomic E-state index is 6.13. The Labute approximate surface area is 87.4 Å². The molecule has 2 atom stereocenters. The minimum Gasteiger partial charge on any atom is -0.374 e. The zero-order chi connectivity index (χ0) is 10.0. The molecular formula is C12H23NO. The molecule has 2 aliphatic rings. The van der Waals surface area contributed by atoms with Crippen LogP contribution in [-0.2, 0) is 4.74 Å². The van der Waals surface area contributed by atoms with Crippen molar-refractivity contribution in [2.24, 2.45) is 5.41 Å². The molecule has 0 radical (unpaired) electrons. The van der Waals surface area contributed by atoms with E-state index in [1.54, 1.807) is 0 Å². The summed E-state index contributed by atoms with van der Waals surface area (Å²) in [5, 5.41) is 3.36. The molecule has 1 saturated heterocycles. The van der Waals surface area contributed by atoms with Gasteiger partial charge in [0.1, 0.15) is 0 Å². The SMILES string of the molecule is CC1(C)CCCC(OC2CCNC2)C1. The van der Waals surface area contributed by atoms with Crippen molar-refractivity contribution in [1.82, 2.24) is 5.32 Å². The first kappa shape index (κ1) is 10.4. The first-order valence-electron chi connectivity index (χ1n) is 6.02. The summed E-state index contributed by atoms with van der Waals surface area (Å²) < 4.78 is 6.13. The Morgan fingerprint density at radius 3 is 2.71 bits per heavy atom. The van der Waals surface area contributed by atoms with E-state index in [1.807, 2.05) is 0 Å². The van der Waals surface area contributed by atoms with Gasteiger partial charge in [-0.1, -0.05) is 20.3 Å². The molecule has 1 N–H and O–H groups in total. The van der Waals surface area contributed by atoms with Crippen molar-refractivity contribution in [2.75, 3.05) is 13.1 Å². The smallest absolute Gasteiger partial charge is 0.0715 e. The molecule has 0 aromatic carbocycles. The van der Waals surface area contributed by atoms with E-state index >= 15 is 0 Å². The Bertz CT molecular complexity index is 185. The van der Waals surface area contributed by atoms with Crippen molar-refractivity contribution >= 4 is 0 Å². The summed E-state index contributed by atoms with van der Waals surface area (Å²) in [7, 11) is 0. The van der Waals surface area contributed by atoms with Gasteiger partial charge in [0, 0.05) is 6.54 Å². The highest BCUT2D eigenvalue weighted by atomic mass is 16.5. The predicted octanol–water partition coefficient (Wildman–Crippen LogP) is 2.33. The lowest BCUT2D eigenvalue weighted by atomic mass is 9.76. The van der Waals surface area contributed by atoms with Crippen molar-refractivity contribution in [1.29, 1.82) is 0 Å². The molecule has 2 rings (SSSR count). The molecule has 1 saturated carbocycles. The van der Waals surface area contributed by atoms with Crippen LogP contribution in [-0.4, -0.2) is 25.3 Å². The molecule has 2 heteroatoms. The molecule has 1 aliphatic heterocycles. The van der Waals surface area contributed by atoms with Crippen molar-refractivity contribution in [3.8, 4) is 0 Å². The quantitative estimate of drug-likeness (QED) is 0.733. The lowest BCUT2D eigenvalue weighted by Gasteiger charge is -2.36. The van der Waals surface area contributed by atoms with E-state index < -0.39 is 0 Å². The molecule has 14 heavy (non-hydrogen) atoms. The van der Waals surface area contributed by atoms with Crippen LogP contribution in [0.2, 0.25) is 0 Å². The van der Waals surface area contributed by atoms with E-state index in [0.717, 1.165) is 13.1 Å². The molecule has 2 nitrogen and oxygen atoms in total. The summed E-state index contributed by atoms with van der Waals surface area (Å²) in [6, 6.07) is 0. The van der Waals surface area contributed by atoms with Crippen LogP contribution in [0.4, 0.5) is 0 Å². The second kappa shape index (κ2) is 4.19. The Morgan fingerprint density at radius 1 is 1.21 bits per heavy atom. The summed E-state index contributed by atoms with van der Waals surface area (Å²) >= 11 is 0. The summed E-state index contributed by atoms with van der Waals surface area (Å²) in [5.74, 6) is 0. The molecular weight excluding hydrogens is 174 g/mol. The lowest BCUT2D eigenvalue weighted by molar-refractivity contribution is -0.0449. The van der Waals surface area contributed by atoms with E-state index in [9.17, 15) is 0 Å². The molecule has 82 valence electrons. The lowest BCUT2D eigenvalue weighted by Crippen LogP contribution is -2.32. The fraction of sp³-hybridized carbons (Fsp3) is 1.00. The van der Waals surface area contributed by atoms with Gasteiger partial charge in [-0.3, -0.25) is 0 Å². The highest BCUT2D eigenvalue weighted by molar-refractivity contribution is 4.82. The summed E-state index contributed by atoms with van der Waals surface area (Å²) in [6.07, 6.45) is 7.48. The third kappa shape index (κ3) is 2.71. The highest BCUT2D eigenvalue weighted by Crippen LogP contribution is 2.37. The zero-order valence-electron chi connectivity index (χ0n) is 9.51. The van der Waals surface area contributed by atoms with E-state index in [2.05, 4.69) is 19.2 Å². The van der Waals surface area contributed by atoms with E-state index in [0.29, 0.717) is 17.6 Å². The second-order valence-electron chi connectivity index (χ2n) is 5.63. The average Bonchev–Trinajstić information content (AvgIpc) is 2.54. The highest BCUT2D eigenvalue weighted by Gasteiger charge is 2.30. The maximum Gasteiger partial charge on any atom is 0.0715 e. The van der Waals surface area contributed by atoms with Gasteiger partial charge in [0.2, 0.25) is 0 Å². The number of nitrogens with one attached hydrogen (secondary N) is 1. The minimum atomic E-state index is 0.494. The molecule has 0 bridgehead atoms. The van der Waals surface area contributed by atoms with Gasteiger partial charge < -0.3 is 10.1 Å². The normalized spacial score (nSPS) is 37.3.